The molecule has 0 bridgehead atoms. The lowest BCUT2D eigenvalue weighted by Crippen LogP contribution is -2.57. The van der Waals surface area contributed by atoms with Crippen LogP contribution < -0.4 is 11.5 Å². The lowest BCUT2D eigenvalue weighted by Gasteiger charge is -2.33. The summed E-state index contributed by atoms with van der Waals surface area (Å²) in [6.07, 6.45) is -8.32. The standard InChI is InChI=1S/C25H20F6N4O3/c1-12-2-9-16(23(21(33)36,25(29,30)31)38-22(37)24(26,27)28)10-17(12)18-11-34-20(32)19(35-18)15-7-5-14(6-8-15)13-3-4-13/h2,5-11,13H,3-4H2,1H3,(H2,32,34)(H2,33,36). The largest absolute Gasteiger partial charge is 0.490 e. The van der Waals surface area contributed by atoms with Gasteiger partial charge in [0, 0.05) is 16.7 Å². The molecule has 200 valence electrons. The molecular formula is C25H20F6N4O3. The summed E-state index contributed by atoms with van der Waals surface area (Å²) >= 11 is 0. The van der Waals surface area contributed by atoms with E-state index >= 15 is 0 Å². The van der Waals surface area contributed by atoms with Crippen molar-refractivity contribution in [3.05, 3.63) is 65.4 Å². The highest BCUT2D eigenvalue weighted by molar-refractivity contribution is 5.90. The summed E-state index contributed by atoms with van der Waals surface area (Å²) < 4.78 is 84.7. The second-order valence-corrected chi connectivity index (χ2v) is 8.85. The zero-order valence-corrected chi connectivity index (χ0v) is 19.7. The third-order valence-corrected chi connectivity index (χ3v) is 6.18. The summed E-state index contributed by atoms with van der Waals surface area (Å²) in [6.45, 7) is 1.49. The number of anilines is 1. The maximum absolute atomic E-state index is 14.1. The number of esters is 1. The van der Waals surface area contributed by atoms with Crippen molar-refractivity contribution in [3.63, 3.8) is 0 Å². The number of benzene rings is 2. The number of aromatic nitrogens is 2. The molecule has 4 rings (SSSR count). The van der Waals surface area contributed by atoms with Gasteiger partial charge in [-0.2, -0.15) is 26.3 Å². The fourth-order valence-electron chi connectivity index (χ4n) is 4.00. The van der Waals surface area contributed by atoms with Crippen molar-refractivity contribution in [3.8, 4) is 22.5 Å². The first-order valence-electron chi connectivity index (χ1n) is 11.2. The number of nitrogens with two attached hydrogens (primary N) is 2. The molecule has 0 aliphatic heterocycles. The van der Waals surface area contributed by atoms with Crippen molar-refractivity contribution >= 4 is 17.7 Å². The van der Waals surface area contributed by atoms with E-state index in [0.29, 0.717) is 23.1 Å². The number of hydrogen-bond donors (Lipinski definition) is 2. The molecule has 7 nitrogen and oxygen atoms in total. The number of primary amides is 1. The van der Waals surface area contributed by atoms with Crippen molar-refractivity contribution in [1.82, 2.24) is 9.97 Å². The fourth-order valence-corrected chi connectivity index (χ4v) is 4.00. The van der Waals surface area contributed by atoms with Gasteiger partial charge in [0.15, 0.2) is 0 Å². The lowest BCUT2D eigenvalue weighted by atomic mass is 9.88. The van der Waals surface area contributed by atoms with Crippen molar-refractivity contribution < 1.29 is 40.7 Å². The Morgan fingerprint density at radius 3 is 2.16 bits per heavy atom. The summed E-state index contributed by atoms with van der Waals surface area (Å²) in [5.74, 6) is -5.07. The number of amides is 1. The molecule has 1 heterocycles. The van der Waals surface area contributed by atoms with Crippen LogP contribution in [0.5, 0.6) is 0 Å². The Morgan fingerprint density at radius 2 is 1.63 bits per heavy atom. The molecular weight excluding hydrogens is 518 g/mol. The van der Waals surface area contributed by atoms with Crippen LogP contribution in [-0.4, -0.2) is 34.2 Å². The van der Waals surface area contributed by atoms with E-state index in [1.807, 2.05) is 12.1 Å². The molecule has 13 heteroatoms. The smallest absolute Gasteiger partial charge is 0.427 e. The highest BCUT2D eigenvalue weighted by Crippen LogP contribution is 2.45. The minimum atomic E-state index is -5.84. The highest BCUT2D eigenvalue weighted by Gasteiger charge is 2.66. The van der Waals surface area contributed by atoms with Gasteiger partial charge in [-0.3, -0.25) is 4.79 Å². The summed E-state index contributed by atoms with van der Waals surface area (Å²) in [7, 11) is 0. The molecule has 2 aromatic carbocycles. The van der Waals surface area contributed by atoms with Crippen LogP contribution in [0, 0.1) is 6.92 Å². The van der Waals surface area contributed by atoms with Crippen LogP contribution >= 0.6 is 0 Å². The Kier molecular flexibility index (Phi) is 6.58. The zero-order valence-electron chi connectivity index (χ0n) is 19.7. The summed E-state index contributed by atoms with van der Waals surface area (Å²) in [5, 5.41) is 0. The Labute approximate surface area is 211 Å². The second kappa shape index (κ2) is 9.30. The van der Waals surface area contributed by atoms with Gasteiger partial charge in [0.05, 0.1) is 11.9 Å². The van der Waals surface area contributed by atoms with Gasteiger partial charge >= 0.3 is 23.9 Å². The molecule has 1 unspecified atom stereocenters. The van der Waals surface area contributed by atoms with E-state index in [1.165, 1.54) is 6.92 Å². The molecule has 1 amide bonds. The van der Waals surface area contributed by atoms with Crippen LogP contribution in [0.4, 0.5) is 32.2 Å². The quantitative estimate of drug-likeness (QED) is 0.339. The van der Waals surface area contributed by atoms with Crippen molar-refractivity contribution in [2.75, 3.05) is 5.73 Å². The van der Waals surface area contributed by atoms with E-state index in [2.05, 4.69) is 14.7 Å². The predicted molar refractivity (Wildman–Crippen MR) is 123 cm³/mol. The zero-order chi connectivity index (χ0) is 28.0. The van der Waals surface area contributed by atoms with Crippen molar-refractivity contribution in [2.45, 2.75) is 43.6 Å². The number of carbonyl (C=O) groups excluding carboxylic acids is 2. The van der Waals surface area contributed by atoms with Crippen molar-refractivity contribution in [2.24, 2.45) is 5.73 Å². The van der Waals surface area contributed by atoms with Crippen LogP contribution in [-0.2, 0) is 19.9 Å². The SMILES string of the molecule is Cc1ccc(C(OC(=O)C(F)(F)F)(C(N)=O)C(F)(F)F)cc1-c1cnc(N)c(-c2ccc(C3CC3)cc2)n1. The van der Waals surface area contributed by atoms with Gasteiger partial charge in [-0.25, -0.2) is 14.8 Å². The number of rotatable bonds is 6. The van der Waals surface area contributed by atoms with Gasteiger partial charge in [0.1, 0.15) is 11.5 Å². The molecule has 4 N–H and O–H groups in total. The average molecular weight is 538 g/mol. The number of nitrogens with zero attached hydrogens (tertiary/aromatic N) is 2. The molecule has 0 spiro atoms. The first-order valence-corrected chi connectivity index (χ1v) is 11.2. The van der Waals surface area contributed by atoms with Gasteiger partial charge in [-0.05, 0) is 42.9 Å². The van der Waals surface area contributed by atoms with Gasteiger partial charge in [0.2, 0.25) is 0 Å². The van der Waals surface area contributed by atoms with Crippen LogP contribution in [0.2, 0.25) is 0 Å². The molecule has 38 heavy (non-hydrogen) atoms. The van der Waals surface area contributed by atoms with Crippen LogP contribution in [0.1, 0.15) is 35.4 Å². The Morgan fingerprint density at radius 1 is 1.00 bits per heavy atom. The third-order valence-electron chi connectivity index (χ3n) is 6.18. The summed E-state index contributed by atoms with van der Waals surface area (Å²) in [6, 6.07) is 9.90. The Balaban J connectivity index is 1.83. The highest BCUT2D eigenvalue weighted by atomic mass is 19.4. The second-order valence-electron chi connectivity index (χ2n) is 8.85. The number of nitrogen functional groups attached to an aromatic ring is 1. The normalized spacial score (nSPS) is 15.6. The molecule has 1 aliphatic carbocycles. The van der Waals surface area contributed by atoms with E-state index < -0.39 is 35.4 Å². The van der Waals surface area contributed by atoms with E-state index in [0.717, 1.165) is 36.7 Å². The monoisotopic (exact) mass is 538 g/mol. The molecule has 1 saturated carbocycles. The maximum Gasteiger partial charge on any atom is 0.490 e. The molecule has 3 aromatic rings. The molecule has 0 radical (unpaired) electrons. The third kappa shape index (κ3) is 4.87. The minimum absolute atomic E-state index is 0.00233. The number of hydrogen-bond acceptors (Lipinski definition) is 6. The van der Waals surface area contributed by atoms with Gasteiger partial charge in [-0.1, -0.05) is 36.4 Å². The van der Waals surface area contributed by atoms with Gasteiger partial charge < -0.3 is 16.2 Å². The first kappa shape index (κ1) is 26.9. The number of alkyl halides is 6. The number of carbonyl (C=O) groups is 2. The number of halogens is 6. The topological polar surface area (TPSA) is 121 Å². The van der Waals surface area contributed by atoms with Crippen LogP contribution in [0.3, 0.4) is 0 Å². The van der Waals surface area contributed by atoms with Crippen molar-refractivity contribution in [1.29, 1.82) is 0 Å². The van der Waals surface area contributed by atoms with E-state index in [-0.39, 0.29) is 22.8 Å². The molecule has 0 saturated heterocycles. The maximum atomic E-state index is 14.1. The summed E-state index contributed by atoms with van der Waals surface area (Å²) in [5.41, 5.74) is 7.56. The molecule has 1 atom stereocenters. The Hall–Kier alpha value is -4.16. The number of aryl methyl sites for hydroxylation is 1. The molecule has 1 fully saturated rings. The number of ether oxygens (including phenoxy) is 1. The van der Waals surface area contributed by atoms with Crippen LogP contribution in [0.25, 0.3) is 22.5 Å². The van der Waals surface area contributed by atoms with Gasteiger partial charge in [0.25, 0.3) is 5.91 Å². The molecule has 1 aromatic heterocycles. The van der Waals surface area contributed by atoms with E-state index in [9.17, 15) is 35.9 Å². The van der Waals surface area contributed by atoms with Crippen LogP contribution in [0.15, 0.2) is 48.7 Å². The fraction of sp³-hybridized carbons (Fsp3) is 0.280. The first-order chi connectivity index (χ1) is 17.6. The van der Waals surface area contributed by atoms with Gasteiger partial charge in [-0.15, -0.1) is 0 Å². The van der Waals surface area contributed by atoms with E-state index in [1.54, 1.807) is 12.1 Å². The molecule has 1 aliphatic rings. The van der Waals surface area contributed by atoms with E-state index in [4.69, 9.17) is 11.5 Å². The lowest BCUT2D eigenvalue weighted by molar-refractivity contribution is -0.280. The Bertz CT molecular complexity index is 1400. The minimum Gasteiger partial charge on any atom is -0.427 e. The summed E-state index contributed by atoms with van der Waals surface area (Å²) in [4.78, 5) is 32.0. The predicted octanol–water partition coefficient (Wildman–Crippen LogP) is 4.93. The average Bonchev–Trinajstić information content (AvgIpc) is 3.67.